The number of nitrogens with zero attached hydrogens (tertiary/aromatic N) is 1. The van der Waals surface area contributed by atoms with E-state index in [0.29, 0.717) is 16.9 Å². The van der Waals surface area contributed by atoms with Crippen LogP contribution in [0, 0.1) is 0 Å². The molecule has 2 N–H and O–H groups in total. The smallest absolute Gasteiger partial charge is 0.365 e. The Morgan fingerprint density at radius 1 is 1.05 bits per heavy atom. The third kappa shape index (κ3) is 4.75. The molecule has 0 atom stereocenters. The SMILES string of the molecule is NC(=O)COc1ccc(/C=N/OC(=O)c2ccccc2)cc1. The van der Waals surface area contributed by atoms with E-state index in [-0.39, 0.29) is 6.61 Å². The first-order valence-corrected chi connectivity index (χ1v) is 6.46. The van der Waals surface area contributed by atoms with Gasteiger partial charge in [0.05, 0.1) is 11.8 Å². The van der Waals surface area contributed by atoms with E-state index in [2.05, 4.69) is 5.16 Å². The summed E-state index contributed by atoms with van der Waals surface area (Å²) in [6.07, 6.45) is 1.40. The Hall–Kier alpha value is -3.15. The standard InChI is InChI=1S/C16H14N2O4/c17-15(19)11-21-14-8-6-12(7-9-14)10-18-22-16(20)13-4-2-1-3-5-13/h1-10H,11H2,(H2,17,19)/b18-10+. The lowest BCUT2D eigenvalue weighted by atomic mass is 10.2. The van der Waals surface area contributed by atoms with Gasteiger partial charge in [-0.25, -0.2) is 4.79 Å². The van der Waals surface area contributed by atoms with Gasteiger partial charge in [-0.05, 0) is 42.0 Å². The third-order valence-electron chi connectivity index (χ3n) is 2.61. The topological polar surface area (TPSA) is 91.0 Å². The van der Waals surface area contributed by atoms with Crippen LogP contribution < -0.4 is 10.5 Å². The molecular formula is C16H14N2O4. The molecule has 0 heterocycles. The van der Waals surface area contributed by atoms with Crippen LogP contribution >= 0.6 is 0 Å². The molecule has 0 aliphatic rings. The lowest BCUT2D eigenvalue weighted by Gasteiger charge is -2.03. The van der Waals surface area contributed by atoms with Gasteiger partial charge in [0, 0.05) is 0 Å². The van der Waals surface area contributed by atoms with E-state index in [4.69, 9.17) is 15.3 Å². The largest absolute Gasteiger partial charge is 0.484 e. The molecule has 0 aliphatic heterocycles. The Kier molecular flexibility index (Phi) is 5.25. The second-order valence-electron chi connectivity index (χ2n) is 4.30. The summed E-state index contributed by atoms with van der Waals surface area (Å²) in [5.74, 6) is -0.561. The van der Waals surface area contributed by atoms with Gasteiger partial charge in [-0.15, -0.1) is 0 Å². The van der Waals surface area contributed by atoms with Crippen LogP contribution in [0.3, 0.4) is 0 Å². The summed E-state index contributed by atoms with van der Waals surface area (Å²) in [6.45, 7) is -0.178. The van der Waals surface area contributed by atoms with Crippen molar-refractivity contribution in [3.8, 4) is 5.75 Å². The Balaban J connectivity index is 1.88. The molecule has 22 heavy (non-hydrogen) atoms. The van der Waals surface area contributed by atoms with Crippen LogP contribution in [0.4, 0.5) is 0 Å². The molecule has 0 fully saturated rings. The fourth-order valence-electron chi connectivity index (χ4n) is 1.57. The Morgan fingerprint density at radius 2 is 1.73 bits per heavy atom. The maximum atomic E-state index is 11.6. The molecule has 0 saturated heterocycles. The number of rotatable bonds is 6. The van der Waals surface area contributed by atoms with Crippen molar-refractivity contribution in [1.82, 2.24) is 0 Å². The number of ether oxygens (including phenoxy) is 1. The van der Waals surface area contributed by atoms with Crippen LogP contribution in [-0.4, -0.2) is 24.7 Å². The number of hydrogen-bond acceptors (Lipinski definition) is 5. The van der Waals surface area contributed by atoms with E-state index in [0.717, 1.165) is 0 Å². The lowest BCUT2D eigenvalue weighted by molar-refractivity contribution is -0.119. The fourth-order valence-corrected chi connectivity index (χ4v) is 1.57. The quantitative estimate of drug-likeness (QED) is 0.499. The number of primary amides is 1. The van der Waals surface area contributed by atoms with Gasteiger partial charge >= 0.3 is 5.97 Å². The van der Waals surface area contributed by atoms with Crippen molar-refractivity contribution in [3.05, 3.63) is 65.7 Å². The molecule has 0 aliphatic carbocycles. The molecule has 6 nitrogen and oxygen atoms in total. The van der Waals surface area contributed by atoms with Crippen molar-refractivity contribution in [2.45, 2.75) is 0 Å². The highest BCUT2D eigenvalue weighted by molar-refractivity contribution is 5.90. The van der Waals surface area contributed by atoms with E-state index in [1.807, 2.05) is 6.07 Å². The first kappa shape index (κ1) is 15.2. The highest BCUT2D eigenvalue weighted by Gasteiger charge is 2.04. The lowest BCUT2D eigenvalue weighted by Crippen LogP contribution is -2.19. The second kappa shape index (κ2) is 7.58. The van der Waals surface area contributed by atoms with Gasteiger partial charge in [0.15, 0.2) is 6.61 Å². The minimum absolute atomic E-state index is 0.178. The molecule has 2 aromatic rings. The molecule has 2 rings (SSSR count). The monoisotopic (exact) mass is 298 g/mol. The fraction of sp³-hybridized carbons (Fsp3) is 0.0625. The van der Waals surface area contributed by atoms with E-state index < -0.39 is 11.9 Å². The number of oxime groups is 1. The molecule has 112 valence electrons. The first-order valence-electron chi connectivity index (χ1n) is 6.46. The molecule has 1 amide bonds. The Morgan fingerprint density at radius 3 is 2.36 bits per heavy atom. The van der Waals surface area contributed by atoms with Crippen molar-refractivity contribution >= 4 is 18.1 Å². The van der Waals surface area contributed by atoms with Crippen LogP contribution in [0.1, 0.15) is 15.9 Å². The van der Waals surface area contributed by atoms with Gasteiger partial charge < -0.3 is 15.3 Å². The van der Waals surface area contributed by atoms with Crippen molar-refractivity contribution in [3.63, 3.8) is 0 Å². The van der Waals surface area contributed by atoms with Crippen LogP contribution in [0.25, 0.3) is 0 Å². The molecular weight excluding hydrogens is 284 g/mol. The van der Waals surface area contributed by atoms with Gasteiger partial charge in [-0.1, -0.05) is 23.4 Å². The van der Waals surface area contributed by atoms with Crippen molar-refractivity contribution in [2.24, 2.45) is 10.9 Å². The predicted molar refractivity (Wildman–Crippen MR) is 80.6 cm³/mol. The number of carbonyl (C=O) groups excluding carboxylic acids is 2. The Bertz CT molecular complexity index is 666. The average Bonchev–Trinajstić information content (AvgIpc) is 2.55. The summed E-state index contributed by atoms with van der Waals surface area (Å²) in [5, 5.41) is 3.63. The third-order valence-corrected chi connectivity index (χ3v) is 2.61. The van der Waals surface area contributed by atoms with Crippen LogP contribution in [0.2, 0.25) is 0 Å². The van der Waals surface area contributed by atoms with E-state index in [9.17, 15) is 9.59 Å². The summed E-state index contributed by atoms with van der Waals surface area (Å²) >= 11 is 0. The molecule has 2 aromatic carbocycles. The van der Waals surface area contributed by atoms with Crippen molar-refractivity contribution in [2.75, 3.05) is 6.61 Å². The molecule has 0 unspecified atom stereocenters. The number of benzene rings is 2. The van der Waals surface area contributed by atoms with E-state index in [1.54, 1.807) is 48.5 Å². The summed E-state index contributed by atoms with van der Waals surface area (Å²) in [6, 6.07) is 15.3. The van der Waals surface area contributed by atoms with Crippen LogP contribution in [-0.2, 0) is 9.63 Å². The maximum absolute atomic E-state index is 11.6. The van der Waals surface area contributed by atoms with Crippen LogP contribution in [0.15, 0.2) is 59.8 Å². The zero-order chi connectivity index (χ0) is 15.8. The number of hydrogen-bond donors (Lipinski definition) is 1. The summed E-state index contributed by atoms with van der Waals surface area (Å²) in [7, 11) is 0. The second-order valence-corrected chi connectivity index (χ2v) is 4.30. The van der Waals surface area contributed by atoms with Crippen LogP contribution in [0.5, 0.6) is 5.75 Å². The summed E-state index contributed by atoms with van der Waals surface area (Å²) < 4.78 is 5.12. The zero-order valence-corrected chi connectivity index (χ0v) is 11.6. The number of nitrogens with two attached hydrogens (primary N) is 1. The molecule has 0 saturated carbocycles. The maximum Gasteiger partial charge on any atom is 0.365 e. The predicted octanol–water partition coefficient (Wildman–Crippen LogP) is 1.74. The zero-order valence-electron chi connectivity index (χ0n) is 11.6. The van der Waals surface area contributed by atoms with Gasteiger partial charge in [0.2, 0.25) is 0 Å². The van der Waals surface area contributed by atoms with E-state index in [1.165, 1.54) is 6.21 Å². The van der Waals surface area contributed by atoms with Gasteiger partial charge in [0.1, 0.15) is 5.75 Å². The number of carbonyl (C=O) groups is 2. The normalized spacial score (nSPS) is 10.4. The first-order chi connectivity index (χ1) is 10.6. The summed E-state index contributed by atoms with van der Waals surface area (Å²) in [4.78, 5) is 27.0. The van der Waals surface area contributed by atoms with Crippen molar-refractivity contribution < 1.29 is 19.2 Å². The van der Waals surface area contributed by atoms with Crippen molar-refractivity contribution in [1.29, 1.82) is 0 Å². The minimum Gasteiger partial charge on any atom is -0.484 e. The average molecular weight is 298 g/mol. The molecule has 0 radical (unpaired) electrons. The van der Waals surface area contributed by atoms with E-state index >= 15 is 0 Å². The van der Waals surface area contributed by atoms with Gasteiger partial charge in [-0.2, -0.15) is 0 Å². The molecule has 0 spiro atoms. The highest BCUT2D eigenvalue weighted by atomic mass is 16.7. The molecule has 6 heteroatoms. The van der Waals surface area contributed by atoms with Gasteiger partial charge in [-0.3, -0.25) is 4.79 Å². The highest BCUT2D eigenvalue weighted by Crippen LogP contribution is 2.11. The summed E-state index contributed by atoms with van der Waals surface area (Å²) in [5.41, 5.74) is 6.12. The minimum atomic E-state index is -0.543. The molecule has 0 aromatic heterocycles. The van der Waals surface area contributed by atoms with Gasteiger partial charge in [0.25, 0.3) is 5.91 Å². The Labute approximate surface area is 127 Å². The number of amides is 1. The molecule has 0 bridgehead atoms.